The number of anilines is 2. The molecule has 2 heterocycles. The van der Waals surface area contributed by atoms with Crippen LogP contribution in [0.2, 0.25) is 0 Å². The van der Waals surface area contributed by atoms with E-state index in [2.05, 4.69) is 15.4 Å². The van der Waals surface area contributed by atoms with Crippen LogP contribution in [0.15, 0.2) is 6.20 Å². The largest absolute Gasteiger partial charge is 0.353 e. The number of nitrogens with zero attached hydrogens (tertiary/aromatic N) is 3. The molecule has 0 saturated carbocycles. The Bertz CT molecular complexity index is 369. The first-order valence-corrected chi connectivity index (χ1v) is 6.17. The summed E-state index contributed by atoms with van der Waals surface area (Å²) in [5.74, 6) is 7.44. The van der Waals surface area contributed by atoms with Gasteiger partial charge in [0, 0.05) is 18.8 Å². The molecule has 0 amide bonds. The summed E-state index contributed by atoms with van der Waals surface area (Å²) in [6, 6.07) is 0.333. The van der Waals surface area contributed by atoms with E-state index in [4.69, 9.17) is 5.84 Å². The summed E-state index contributed by atoms with van der Waals surface area (Å²) in [5.41, 5.74) is 2.32. The summed E-state index contributed by atoms with van der Waals surface area (Å²) in [5, 5.41) is 0. The van der Waals surface area contributed by atoms with Gasteiger partial charge in [0.1, 0.15) is 0 Å². The SMILES string of the molecule is CN(c1nc(NN)ncc1F)C1CCSC1. The molecular weight excluding hydrogens is 229 g/mol. The molecule has 1 aromatic heterocycles. The number of hydrogen-bond acceptors (Lipinski definition) is 6. The molecule has 0 spiro atoms. The molecule has 0 aromatic carbocycles. The van der Waals surface area contributed by atoms with Crippen LogP contribution in [0.5, 0.6) is 0 Å². The predicted octanol–water partition coefficient (Wildman–Crippen LogP) is 0.843. The molecule has 7 heteroatoms. The van der Waals surface area contributed by atoms with Gasteiger partial charge in [0.15, 0.2) is 11.6 Å². The zero-order valence-corrected chi connectivity index (χ0v) is 9.80. The Labute approximate surface area is 97.6 Å². The number of thioether (sulfide) groups is 1. The minimum Gasteiger partial charge on any atom is -0.353 e. The van der Waals surface area contributed by atoms with E-state index < -0.39 is 5.82 Å². The number of rotatable bonds is 3. The number of nitrogens with one attached hydrogen (secondary N) is 1. The number of halogens is 1. The predicted molar refractivity (Wildman–Crippen MR) is 63.9 cm³/mol. The van der Waals surface area contributed by atoms with E-state index in [1.54, 1.807) is 0 Å². The zero-order chi connectivity index (χ0) is 11.5. The molecule has 1 unspecified atom stereocenters. The lowest BCUT2D eigenvalue weighted by molar-refractivity contribution is 0.592. The normalized spacial score (nSPS) is 19.8. The number of aromatic nitrogens is 2. The standard InChI is InChI=1S/C9H14FN5S/c1-15(6-2-3-16-5-6)8-7(10)4-12-9(13-8)14-11/h4,6H,2-3,5,11H2,1H3,(H,12,13,14). The van der Waals surface area contributed by atoms with Gasteiger partial charge in [-0.25, -0.2) is 15.2 Å². The molecule has 3 N–H and O–H groups in total. The fraction of sp³-hybridized carbons (Fsp3) is 0.556. The molecule has 1 aromatic rings. The Hall–Kier alpha value is -1.08. The highest BCUT2D eigenvalue weighted by molar-refractivity contribution is 7.99. The Morgan fingerprint density at radius 3 is 3.12 bits per heavy atom. The van der Waals surface area contributed by atoms with E-state index in [0.29, 0.717) is 11.9 Å². The molecule has 5 nitrogen and oxygen atoms in total. The molecule has 16 heavy (non-hydrogen) atoms. The smallest absolute Gasteiger partial charge is 0.239 e. The van der Waals surface area contributed by atoms with Gasteiger partial charge in [0.05, 0.1) is 6.20 Å². The molecule has 1 atom stereocenters. The van der Waals surface area contributed by atoms with Crippen LogP contribution >= 0.6 is 11.8 Å². The van der Waals surface area contributed by atoms with Crippen LogP contribution in [0.3, 0.4) is 0 Å². The van der Waals surface area contributed by atoms with Crippen LogP contribution < -0.4 is 16.2 Å². The first-order valence-electron chi connectivity index (χ1n) is 5.02. The monoisotopic (exact) mass is 243 g/mol. The molecule has 0 bridgehead atoms. The van der Waals surface area contributed by atoms with Crippen LogP contribution in [0.25, 0.3) is 0 Å². The Balaban J connectivity index is 2.23. The summed E-state index contributed by atoms with van der Waals surface area (Å²) in [6.45, 7) is 0. The summed E-state index contributed by atoms with van der Waals surface area (Å²) >= 11 is 1.87. The van der Waals surface area contributed by atoms with E-state index in [1.807, 2.05) is 23.7 Å². The molecule has 0 aliphatic carbocycles. The summed E-state index contributed by atoms with van der Waals surface area (Å²) in [6.07, 6.45) is 2.19. The topological polar surface area (TPSA) is 67.1 Å². The highest BCUT2D eigenvalue weighted by Gasteiger charge is 2.23. The van der Waals surface area contributed by atoms with Crippen molar-refractivity contribution in [2.45, 2.75) is 12.5 Å². The van der Waals surface area contributed by atoms with Gasteiger partial charge in [0.2, 0.25) is 5.95 Å². The zero-order valence-electron chi connectivity index (χ0n) is 8.98. The molecule has 88 valence electrons. The van der Waals surface area contributed by atoms with Crippen molar-refractivity contribution in [3.05, 3.63) is 12.0 Å². The molecule has 0 radical (unpaired) electrons. The number of nitrogen functional groups attached to an aromatic ring is 1. The van der Waals surface area contributed by atoms with Gasteiger partial charge >= 0.3 is 0 Å². The third kappa shape index (κ3) is 2.19. The van der Waals surface area contributed by atoms with Gasteiger partial charge in [-0.2, -0.15) is 16.7 Å². The van der Waals surface area contributed by atoms with Gasteiger partial charge in [-0.3, -0.25) is 5.43 Å². The summed E-state index contributed by atoms with van der Waals surface area (Å²) in [7, 11) is 1.85. The minimum absolute atomic E-state index is 0.230. The van der Waals surface area contributed by atoms with Crippen molar-refractivity contribution < 1.29 is 4.39 Å². The van der Waals surface area contributed by atoms with E-state index in [0.717, 1.165) is 24.1 Å². The lowest BCUT2D eigenvalue weighted by atomic mass is 10.2. The van der Waals surface area contributed by atoms with Gasteiger partial charge in [-0.15, -0.1) is 0 Å². The van der Waals surface area contributed by atoms with E-state index in [1.165, 1.54) is 0 Å². The Morgan fingerprint density at radius 1 is 1.69 bits per heavy atom. The average molecular weight is 243 g/mol. The number of hydrazine groups is 1. The van der Waals surface area contributed by atoms with Crippen molar-refractivity contribution in [3.63, 3.8) is 0 Å². The van der Waals surface area contributed by atoms with Crippen molar-refractivity contribution in [2.24, 2.45) is 5.84 Å². The molecule has 1 fully saturated rings. The van der Waals surface area contributed by atoms with Crippen LogP contribution in [0.4, 0.5) is 16.2 Å². The number of nitrogens with two attached hydrogens (primary N) is 1. The third-order valence-corrected chi connectivity index (χ3v) is 3.79. The highest BCUT2D eigenvalue weighted by atomic mass is 32.2. The fourth-order valence-corrected chi connectivity index (χ4v) is 2.94. The first-order chi connectivity index (χ1) is 7.72. The van der Waals surface area contributed by atoms with Crippen LogP contribution in [0.1, 0.15) is 6.42 Å². The lowest BCUT2D eigenvalue weighted by Crippen LogP contribution is -2.33. The fourth-order valence-electron chi connectivity index (χ4n) is 1.68. The Kier molecular flexibility index (Phi) is 3.45. The van der Waals surface area contributed by atoms with E-state index >= 15 is 0 Å². The van der Waals surface area contributed by atoms with Gasteiger partial charge < -0.3 is 4.90 Å². The Morgan fingerprint density at radius 2 is 2.50 bits per heavy atom. The van der Waals surface area contributed by atoms with Crippen LogP contribution in [-0.4, -0.2) is 34.6 Å². The average Bonchev–Trinajstić information content (AvgIpc) is 2.82. The first kappa shape index (κ1) is 11.4. The molecule has 1 aliphatic rings. The van der Waals surface area contributed by atoms with Crippen molar-refractivity contribution in [1.82, 2.24) is 9.97 Å². The number of hydrogen-bond donors (Lipinski definition) is 2. The lowest BCUT2D eigenvalue weighted by Gasteiger charge is -2.25. The van der Waals surface area contributed by atoms with Crippen molar-refractivity contribution in [2.75, 3.05) is 28.9 Å². The third-order valence-electron chi connectivity index (χ3n) is 2.64. The maximum Gasteiger partial charge on any atom is 0.239 e. The maximum atomic E-state index is 13.6. The quantitative estimate of drug-likeness (QED) is 0.606. The van der Waals surface area contributed by atoms with Gasteiger partial charge in [-0.1, -0.05) is 0 Å². The van der Waals surface area contributed by atoms with E-state index in [-0.39, 0.29) is 5.95 Å². The van der Waals surface area contributed by atoms with E-state index in [9.17, 15) is 4.39 Å². The van der Waals surface area contributed by atoms with Gasteiger partial charge in [-0.05, 0) is 12.2 Å². The molecule has 2 rings (SSSR count). The second-order valence-corrected chi connectivity index (χ2v) is 4.79. The van der Waals surface area contributed by atoms with Crippen molar-refractivity contribution in [1.29, 1.82) is 0 Å². The minimum atomic E-state index is -0.418. The van der Waals surface area contributed by atoms with Crippen LogP contribution in [0, 0.1) is 5.82 Å². The molecule has 1 aliphatic heterocycles. The van der Waals surface area contributed by atoms with Gasteiger partial charge in [0.25, 0.3) is 0 Å². The second-order valence-electron chi connectivity index (χ2n) is 3.64. The van der Waals surface area contributed by atoms with Crippen molar-refractivity contribution >= 4 is 23.5 Å². The molecular formula is C9H14FN5S. The highest BCUT2D eigenvalue weighted by Crippen LogP contribution is 2.26. The summed E-state index contributed by atoms with van der Waals surface area (Å²) in [4.78, 5) is 9.60. The maximum absolute atomic E-state index is 13.6. The van der Waals surface area contributed by atoms with Crippen molar-refractivity contribution in [3.8, 4) is 0 Å². The van der Waals surface area contributed by atoms with Crippen LogP contribution in [-0.2, 0) is 0 Å². The summed E-state index contributed by atoms with van der Waals surface area (Å²) < 4.78 is 13.6. The second kappa shape index (κ2) is 4.84. The molecule has 1 saturated heterocycles.